The Morgan fingerprint density at radius 2 is 1.19 bits per heavy atom. The number of nitrogens with one attached hydrogen (secondary N) is 2. The minimum atomic E-state index is -0.533. The highest BCUT2D eigenvalue weighted by atomic mass is 19.1. The lowest BCUT2D eigenvalue weighted by atomic mass is 10.2. The Labute approximate surface area is 148 Å². The van der Waals surface area contributed by atoms with Crippen LogP contribution in [0.5, 0.6) is 0 Å². The van der Waals surface area contributed by atoms with E-state index in [1.54, 1.807) is 0 Å². The zero-order chi connectivity index (χ0) is 17.5. The van der Waals surface area contributed by atoms with Gasteiger partial charge in [-0.2, -0.15) is 0 Å². The smallest absolute Gasteiger partial charge is 0.117 e. The Morgan fingerprint density at radius 3 is 1.77 bits per heavy atom. The summed E-state index contributed by atoms with van der Waals surface area (Å²) in [6.45, 7) is -0.533. The first-order chi connectivity index (χ1) is 12.7. The number of rotatable bonds is 1. The van der Waals surface area contributed by atoms with E-state index in [1.165, 1.54) is 0 Å². The number of hydrogen-bond acceptors (Lipinski definition) is 2. The number of H-pyrrole nitrogens is 2. The molecule has 2 N–H and O–H groups in total. The average Bonchev–Trinajstić information content (AvgIpc) is 3.39. The maximum Gasteiger partial charge on any atom is 0.117 e. The first-order valence-corrected chi connectivity index (χ1v) is 8.38. The first kappa shape index (κ1) is 14.8. The van der Waals surface area contributed by atoms with Gasteiger partial charge < -0.3 is 9.97 Å². The average molecular weight is 342 g/mol. The molecule has 26 heavy (non-hydrogen) atoms. The molecule has 4 nitrogen and oxygen atoms in total. The molecule has 8 bridgehead atoms. The fourth-order valence-electron chi connectivity index (χ4n) is 3.19. The van der Waals surface area contributed by atoms with Gasteiger partial charge in [0.15, 0.2) is 0 Å². The third-order valence-corrected chi connectivity index (χ3v) is 4.40. The molecule has 0 saturated carbocycles. The van der Waals surface area contributed by atoms with Crippen LogP contribution in [0.15, 0.2) is 42.5 Å². The number of nitrogens with zero attached hydrogens (tertiary/aromatic N) is 2. The maximum absolute atomic E-state index is 13.4. The van der Waals surface area contributed by atoms with Gasteiger partial charge in [-0.3, -0.25) is 0 Å². The van der Waals surface area contributed by atoms with Crippen LogP contribution in [-0.2, 0) is 6.67 Å². The second kappa shape index (κ2) is 5.81. The van der Waals surface area contributed by atoms with Crippen LogP contribution < -0.4 is 0 Å². The van der Waals surface area contributed by atoms with Gasteiger partial charge in [-0.05, 0) is 66.8 Å². The van der Waals surface area contributed by atoms with Crippen molar-refractivity contribution in [1.29, 1.82) is 0 Å². The van der Waals surface area contributed by atoms with Gasteiger partial charge in [0.2, 0.25) is 0 Å². The molecule has 0 aliphatic carbocycles. The van der Waals surface area contributed by atoms with Gasteiger partial charge in [-0.15, -0.1) is 0 Å². The predicted molar refractivity (Wildman–Crippen MR) is 104 cm³/mol. The van der Waals surface area contributed by atoms with Crippen LogP contribution in [0.4, 0.5) is 4.39 Å². The highest BCUT2D eigenvalue weighted by molar-refractivity contribution is 5.78. The molecule has 3 aromatic heterocycles. The Hall–Kier alpha value is -3.47. The van der Waals surface area contributed by atoms with Crippen molar-refractivity contribution >= 4 is 46.4 Å². The van der Waals surface area contributed by atoms with Crippen LogP contribution in [-0.4, -0.2) is 19.9 Å². The molecule has 0 spiro atoms. The van der Waals surface area contributed by atoms with Gasteiger partial charge in [0.1, 0.15) is 6.67 Å². The van der Waals surface area contributed by atoms with Gasteiger partial charge in [0.25, 0.3) is 0 Å². The number of aromatic nitrogens is 4. The Morgan fingerprint density at radius 1 is 0.654 bits per heavy atom. The third-order valence-electron chi connectivity index (χ3n) is 4.40. The van der Waals surface area contributed by atoms with E-state index < -0.39 is 6.67 Å². The number of aromatic amines is 2. The van der Waals surface area contributed by atoms with Crippen molar-refractivity contribution in [3.8, 4) is 0 Å². The number of alkyl halides is 1. The summed E-state index contributed by atoms with van der Waals surface area (Å²) in [5.41, 5.74) is 7.46. The highest BCUT2D eigenvalue weighted by Gasteiger charge is 2.04. The van der Waals surface area contributed by atoms with Crippen LogP contribution in [0.3, 0.4) is 0 Å². The van der Waals surface area contributed by atoms with E-state index in [-0.39, 0.29) is 0 Å². The van der Waals surface area contributed by atoms with E-state index in [9.17, 15) is 4.39 Å². The molecule has 0 amide bonds. The summed E-state index contributed by atoms with van der Waals surface area (Å²) >= 11 is 0. The van der Waals surface area contributed by atoms with Crippen molar-refractivity contribution in [3.05, 3.63) is 70.8 Å². The van der Waals surface area contributed by atoms with Gasteiger partial charge in [-0.25, -0.2) is 14.4 Å². The van der Waals surface area contributed by atoms with E-state index in [1.807, 2.05) is 66.8 Å². The monoisotopic (exact) mass is 342 g/mol. The van der Waals surface area contributed by atoms with Gasteiger partial charge >= 0.3 is 0 Å². The topological polar surface area (TPSA) is 57.4 Å². The second-order valence-corrected chi connectivity index (χ2v) is 6.33. The fourth-order valence-corrected chi connectivity index (χ4v) is 3.19. The molecule has 2 aliphatic heterocycles. The van der Waals surface area contributed by atoms with E-state index in [0.29, 0.717) is 5.56 Å². The van der Waals surface area contributed by atoms with Crippen molar-refractivity contribution < 1.29 is 4.39 Å². The molecule has 5 rings (SSSR count). The highest BCUT2D eigenvalue weighted by Crippen LogP contribution is 2.20. The van der Waals surface area contributed by atoms with Crippen molar-refractivity contribution in [3.63, 3.8) is 0 Å². The first-order valence-electron chi connectivity index (χ1n) is 8.38. The fraction of sp³-hybridized carbons (Fsp3) is 0.0476. The Kier molecular flexibility index (Phi) is 3.31. The summed E-state index contributed by atoms with van der Waals surface area (Å²) in [4.78, 5) is 15.8. The minimum Gasteiger partial charge on any atom is -0.355 e. The summed E-state index contributed by atoms with van der Waals surface area (Å²) in [5, 5.41) is 0. The minimum absolute atomic E-state index is 0.533. The van der Waals surface area contributed by atoms with E-state index in [2.05, 4.69) is 19.9 Å². The van der Waals surface area contributed by atoms with Crippen LogP contribution in [0.2, 0.25) is 0 Å². The van der Waals surface area contributed by atoms with Crippen molar-refractivity contribution in [2.45, 2.75) is 6.67 Å². The van der Waals surface area contributed by atoms with E-state index in [4.69, 9.17) is 0 Å². The Balaban J connectivity index is 1.86. The molecule has 2 aliphatic rings. The quantitative estimate of drug-likeness (QED) is 0.444. The molecule has 0 atom stereocenters. The van der Waals surface area contributed by atoms with Crippen LogP contribution in [0.1, 0.15) is 28.3 Å². The summed E-state index contributed by atoms with van der Waals surface area (Å²) in [6, 6.07) is 13.6. The molecule has 5 heteroatoms. The normalized spacial score (nSPS) is 12.7. The zero-order valence-electron chi connectivity index (χ0n) is 13.8. The van der Waals surface area contributed by atoms with Crippen LogP contribution >= 0.6 is 0 Å². The van der Waals surface area contributed by atoms with E-state index >= 15 is 0 Å². The number of fused-ring (bicyclic) bond motifs is 8. The molecule has 0 saturated heterocycles. The summed E-state index contributed by atoms with van der Waals surface area (Å²) < 4.78 is 13.4. The summed E-state index contributed by atoms with van der Waals surface area (Å²) in [6.07, 6.45) is 7.79. The van der Waals surface area contributed by atoms with Crippen LogP contribution in [0.25, 0.3) is 46.4 Å². The number of hydrogen-bond donors (Lipinski definition) is 2. The summed E-state index contributed by atoms with van der Waals surface area (Å²) in [5.74, 6) is 0. The third kappa shape index (κ3) is 2.73. The van der Waals surface area contributed by atoms with Crippen molar-refractivity contribution in [2.24, 2.45) is 0 Å². The van der Waals surface area contributed by atoms with Gasteiger partial charge in [-0.1, -0.05) is 0 Å². The molecule has 5 heterocycles. The molecule has 0 radical (unpaired) electrons. The maximum atomic E-state index is 13.4. The molecule has 0 unspecified atom stereocenters. The lowest BCUT2D eigenvalue weighted by Crippen LogP contribution is -1.77. The molecule has 0 aromatic carbocycles. The molecule has 3 aromatic rings. The predicted octanol–water partition coefficient (Wildman–Crippen LogP) is 5.13. The molecule has 126 valence electrons. The van der Waals surface area contributed by atoms with Crippen LogP contribution in [0, 0.1) is 0 Å². The number of halogens is 1. The van der Waals surface area contributed by atoms with Crippen molar-refractivity contribution in [2.75, 3.05) is 0 Å². The summed E-state index contributed by atoms with van der Waals surface area (Å²) in [7, 11) is 0. The SMILES string of the molecule is FCc1cc2cc3nc(cc4ccc(cc5nc(cc1[nH]2)C=C5)[nH]4)C=C3. The molecular weight excluding hydrogens is 327 g/mol. The zero-order valence-corrected chi connectivity index (χ0v) is 13.8. The second-order valence-electron chi connectivity index (χ2n) is 6.33. The largest absolute Gasteiger partial charge is 0.355 e. The Bertz CT molecular complexity index is 1230. The lowest BCUT2D eigenvalue weighted by Gasteiger charge is -1.88. The standard InChI is InChI=1S/C21H15FN4/c22-12-13-7-20-10-18-4-3-16(24-18)8-14-1-2-15(23-14)9-17-5-6-19(25-17)11-21(13)26-20/h1-11,23,26H,12H2. The van der Waals surface area contributed by atoms with E-state index in [0.717, 1.165) is 44.8 Å². The molecule has 0 fully saturated rings. The lowest BCUT2D eigenvalue weighted by molar-refractivity contribution is 0.488. The van der Waals surface area contributed by atoms with Gasteiger partial charge in [0, 0.05) is 27.6 Å². The van der Waals surface area contributed by atoms with Crippen molar-refractivity contribution in [1.82, 2.24) is 19.9 Å². The molecular formula is C21H15FN4. The van der Waals surface area contributed by atoms with Gasteiger partial charge in [0.05, 0.1) is 22.8 Å².